The second-order valence-corrected chi connectivity index (χ2v) is 6.63. The van der Waals surface area contributed by atoms with Crippen molar-refractivity contribution in [3.63, 3.8) is 0 Å². The fraction of sp³-hybridized carbons (Fsp3) is 1.00. The molecule has 0 aromatic heterocycles. The Labute approximate surface area is 107 Å². The topological polar surface area (TPSA) is 75.6 Å². The van der Waals surface area contributed by atoms with E-state index in [1.807, 2.05) is 0 Å². The van der Waals surface area contributed by atoms with Gasteiger partial charge in [0.25, 0.3) is 0 Å². The van der Waals surface area contributed by atoms with E-state index in [4.69, 9.17) is 25.1 Å². The molecule has 0 radical (unpaired) electrons. The molecule has 0 heterocycles. The van der Waals surface area contributed by atoms with Crippen LogP contribution in [0.25, 0.3) is 0 Å². The van der Waals surface area contributed by atoms with E-state index in [-0.39, 0.29) is 18.3 Å². The molecule has 0 saturated heterocycles. The Balaban J connectivity index is 4.23. The summed E-state index contributed by atoms with van der Waals surface area (Å²) in [7, 11) is 0. The van der Waals surface area contributed by atoms with E-state index in [1.165, 1.54) is 0 Å². The first-order valence-electron chi connectivity index (χ1n) is 5.51. The van der Waals surface area contributed by atoms with E-state index in [1.54, 1.807) is 41.5 Å². The van der Waals surface area contributed by atoms with Crippen molar-refractivity contribution < 1.29 is 46.9 Å². The van der Waals surface area contributed by atoms with Gasteiger partial charge in [-0.1, -0.05) is 0 Å². The van der Waals surface area contributed by atoms with Crippen LogP contribution in [0.5, 0.6) is 0 Å². The summed E-state index contributed by atoms with van der Waals surface area (Å²) in [5, 5.41) is 0. The Morgan fingerprint density at radius 2 is 0.882 bits per heavy atom. The summed E-state index contributed by atoms with van der Waals surface area (Å²) in [5.41, 5.74) is 0. The third-order valence-electron chi connectivity index (χ3n) is 1.04. The quantitative estimate of drug-likeness (QED) is 0.394. The van der Waals surface area contributed by atoms with Crippen LogP contribution in [0, 0.1) is 0 Å². The van der Waals surface area contributed by atoms with Crippen molar-refractivity contribution in [3.05, 3.63) is 0 Å². The van der Waals surface area contributed by atoms with Gasteiger partial charge in [0.15, 0.2) is 0 Å². The van der Waals surface area contributed by atoms with E-state index < -0.39 is 18.1 Å². The molecule has 0 fully saturated rings. The van der Waals surface area contributed by atoms with Gasteiger partial charge in [-0.15, -0.1) is 0 Å². The molecule has 1 N–H and O–H groups in total. The molecule has 0 spiro atoms. The van der Waals surface area contributed by atoms with Gasteiger partial charge in [0.2, 0.25) is 0 Å². The molecule has 7 nitrogen and oxygen atoms in total. The number of rotatable bonds is 9. The molecular formula is C9H22O7Ti. The minimum atomic E-state index is -4.64. The van der Waals surface area contributed by atoms with Crippen LogP contribution in [-0.4, -0.2) is 22.0 Å². The van der Waals surface area contributed by atoms with Gasteiger partial charge in [-0.25, -0.2) is 0 Å². The molecule has 0 unspecified atom stereocenters. The van der Waals surface area contributed by atoms with E-state index in [9.17, 15) is 3.69 Å². The summed E-state index contributed by atoms with van der Waals surface area (Å²) in [6, 6.07) is 0. The molecule has 0 aliphatic carbocycles. The maximum absolute atomic E-state index is 9.90. The second kappa shape index (κ2) is 8.52. The maximum atomic E-state index is 9.90. The molecule has 8 heteroatoms. The second-order valence-electron chi connectivity index (χ2n) is 4.21. The van der Waals surface area contributed by atoms with E-state index in [2.05, 4.69) is 0 Å². The predicted octanol–water partition coefficient (Wildman–Crippen LogP) is 1.86. The van der Waals surface area contributed by atoms with Crippen molar-refractivity contribution in [2.75, 3.05) is 0 Å². The molecule has 0 aromatic rings. The van der Waals surface area contributed by atoms with Gasteiger partial charge in [0, 0.05) is 0 Å². The van der Waals surface area contributed by atoms with Crippen molar-refractivity contribution in [3.8, 4) is 0 Å². The Kier molecular flexibility index (Phi) is 8.74. The zero-order valence-electron chi connectivity index (χ0n) is 11.1. The molecule has 0 aromatic carbocycles. The fourth-order valence-corrected chi connectivity index (χ4v) is 2.11. The van der Waals surface area contributed by atoms with Crippen molar-refractivity contribution in [2.45, 2.75) is 59.9 Å². The molecule has 0 saturated carbocycles. The molecule has 104 valence electrons. The molecule has 0 rings (SSSR count). The van der Waals surface area contributed by atoms with E-state index in [0.29, 0.717) is 0 Å². The first kappa shape index (κ1) is 17.4. The molecule has 0 aliphatic rings. The Morgan fingerprint density at radius 3 is 1.06 bits per heavy atom. The Bertz CT molecular complexity index is 166. The van der Waals surface area contributed by atoms with Crippen LogP contribution in [0.4, 0.5) is 0 Å². The van der Waals surface area contributed by atoms with Crippen molar-refractivity contribution in [1.82, 2.24) is 0 Å². The molecule has 0 bridgehead atoms. The van der Waals surface area contributed by atoms with Crippen LogP contribution in [0.2, 0.25) is 0 Å². The molecule has 0 aliphatic heterocycles. The molecule has 17 heavy (non-hydrogen) atoms. The fourth-order valence-electron chi connectivity index (χ4n) is 0.513. The normalized spacial score (nSPS) is 13.1. The first-order chi connectivity index (χ1) is 7.75. The van der Waals surface area contributed by atoms with E-state index in [0.717, 1.165) is 0 Å². The molecular weight excluding hydrogens is 268 g/mol. The monoisotopic (exact) mass is 290 g/mol. The third kappa shape index (κ3) is 10.1. The first-order valence-corrected chi connectivity index (χ1v) is 8.12. The van der Waals surface area contributed by atoms with Gasteiger partial charge >= 0.3 is 107 Å². The average Bonchev–Trinajstić information content (AvgIpc) is 2.21. The number of hydrogen-bond donors (Lipinski definition) is 1. The van der Waals surface area contributed by atoms with Gasteiger partial charge in [-0.2, -0.15) is 0 Å². The Hall–Kier alpha value is 0.434. The SMILES string of the molecule is CC(C)O[O][Ti]([OH])([O]OC(C)C)[O]OC(C)C. The summed E-state index contributed by atoms with van der Waals surface area (Å²) in [6.45, 7) is 10.4. The van der Waals surface area contributed by atoms with Crippen molar-refractivity contribution >= 4 is 0 Å². The predicted molar refractivity (Wildman–Crippen MR) is 54.1 cm³/mol. The van der Waals surface area contributed by atoms with Crippen LogP contribution < -0.4 is 0 Å². The summed E-state index contributed by atoms with van der Waals surface area (Å²) >= 11 is -4.64. The summed E-state index contributed by atoms with van der Waals surface area (Å²) in [6.07, 6.45) is -0.757. The Morgan fingerprint density at radius 1 is 0.647 bits per heavy atom. The van der Waals surface area contributed by atoms with Crippen LogP contribution >= 0.6 is 0 Å². The van der Waals surface area contributed by atoms with Gasteiger partial charge in [-0.3, -0.25) is 0 Å². The third-order valence-corrected chi connectivity index (χ3v) is 2.48. The standard InChI is InChI=1S/3C3H8O2.H2O.Ti/c3*1-3(2)5-4;;/h3*3-4H,1-2H3;1H2;/q;;;;+4/p-4. The summed E-state index contributed by atoms with van der Waals surface area (Å²) < 4.78 is 24.1. The van der Waals surface area contributed by atoms with E-state index >= 15 is 0 Å². The number of hydrogen-bond acceptors (Lipinski definition) is 7. The van der Waals surface area contributed by atoms with Crippen LogP contribution in [0.3, 0.4) is 0 Å². The van der Waals surface area contributed by atoms with Crippen LogP contribution in [-0.2, 0) is 43.2 Å². The van der Waals surface area contributed by atoms with Gasteiger partial charge in [-0.05, 0) is 0 Å². The average molecular weight is 290 g/mol. The van der Waals surface area contributed by atoms with Crippen molar-refractivity contribution in [2.24, 2.45) is 0 Å². The minimum absolute atomic E-state index is 0.252. The summed E-state index contributed by atoms with van der Waals surface area (Å²) in [5.74, 6) is 0. The van der Waals surface area contributed by atoms with Crippen LogP contribution in [0.15, 0.2) is 0 Å². The van der Waals surface area contributed by atoms with Crippen molar-refractivity contribution in [1.29, 1.82) is 0 Å². The van der Waals surface area contributed by atoms with Crippen LogP contribution in [0.1, 0.15) is 41.5 Å². The van der Waals surface area contributed by atoms with Gasteiger partial charge in [0.05, 0.1) is 0 Å². The molecule has 0 atom stereocenters. The molecule has 0 amide bonds. The zero-order valence-corrected chi connectivity index (χ0v) is 12.7. The zero-order chi connectivity index (χ0) is 13.5. The van der Waals surface area contributed by atoms with Gasteiger partial charge < -0.3 is 0 Å². The summed E-state index contributed by atoms with van der Waals surface area (Å²) in [4.78, 5) is 14.4. The van der Waals surface area contributed by atoms with Gasteiger partial charge in [0.1, 0.15) is 0 Å².